The van der Waals surface area contributed by atoms with Gasteiger partial charge in [-0.1, -0.05) is 31.5 Å². The highest BCUT2D eigenvalue weighted by molar-refractivity contribution is 5.99. The Kier molecular flexibility index (Phi) is 10.5. The van der Waals surface area contributed by atoms with Crippen LogP contribution in [-0.4, -0.2) is 49.4 Å². The fourth-order valence-corrected chi connectivity index (χ4v) is 5.92. The summed E-state index contributed by atoms with van der Waals surface area (Å²) >= 11 is 0. The number of likely N-dealkylation sites (tertiary alicyclic amines) is 1. The first-order valence-corrected chi connectivity index (χ1v) is 13.5. The Hall–Kier alpha value is -2.44. The van der Waals surface area contributed by atoms with Crippen LogP contribution in [0.3, 0.4) is 0 Å². The van der Waals surface area contributed by atoms with Crippen molar-refractivity contribution in [3.8, 4) is 0 Å². The van der Waals surface area contributed by atoms with E-state index in [1.165, 1.54) is 38.4 Å². The van der Waals surface area contributed by atoms with E-state index in [0.717, 1.165) is 36.2 Å². The number of hydrogen-bond donors (Lipinski definition) is 1. The number of amides is 2. The number of anilines is 1. The minimum atomic E-state index is -0.188. The fraction of sp³-hybridized carbons (Fsp3) is 0.533. The maximum atomic E-state index is 14.3. The van der Waals surface area contributed by atoms with Crippen LogP contribution >= 0.6 is 12.4 Å². The predicted molar refractivity (Wildman–Crippen MR) is 150 cm³/mol. The van der Waals surface area contributed by atoms with E-state index in [0.29, 0.717) is 30.6 Å². The Morgan fingerprint density at radius 2 is 1.76 bits per heavy atom. The monoisotopic (exact) mass is 529 g/mol. The van der Waals surface area contributed by atoms with E-state index in [9.17, 15) is 14.0 Å². The molecule has 2 aliphatic heterocycles. The van der Waals surface area contributed by atoms with Gasteiger partial charge in [-0.15, -0.1) is 12.4 Å². The summed E-state index contributed by atoms with van der Waals surface area (Å²) in [5.41, 5.74) is 4.05. The van der Waals surface area contributed by atoms with Crippen molar-refractivity contribution >= 4 is 29.9 Å². The van der Waals surface area contributed by atoms with E-state index >= 15 is 0 Å². The second-order valence-corrected chi connectivity index (χ2v) is 10.7. The van der Waals surface area contributed by atoms with Gasteiger partial charge in [-0.25, -0.2) is 4.39 Å². The Bertz CT molecular complexity index is 1060. The van der Waals surface area contributed by atoms with E-state index in [-0.39, 0.29) is 41.9 Å². The number of benzene rings is 2. The summed E-state index contributed by atoms with van der Waals surface area (Å²) in [5, 5.41) is 3.07. The molecule has 202 valence electrons. The Morgan fingerprint density at radius 3 is 2.43 bits per heavy atom. The molecule has 0 unspecified atom stereocenters. The van der Waals surface area contributed by atoms with Crippen LogP contribution in [0.15, 0.2) is 36.4 Å². The minimum Gasteiger partial charge on any atom is -0.352 e. The molecular formula is C30H41ClFN3O2. The lowest BCUT2D eigenvalue weighted by Gasteiger charge is -2.38. The van der Waals surface area contributed by atoms with Crippen LogP contribution in [0.5, 0.6) is 0 Å². The number of aryl methyl sites for hydroxylation is 2. The maximum absolute atomic E-state index is 14.3. The van der Waals surface area contributed by atoms with Gasteiger partial charge in [0.15, 0.2) is 0 Å². The molecule has 2 heterocycles. The van der Waals surface area contributed by atoms with Gasteiger partial charge in [-0.05, 0) is 106 Å². The molecule has 2 atom stereocenters. The summed E-state index contributed by atoms with van der Waals surface area (Å²) in [5.74, 6) is -0.108. The third kappa shape index (κ3) is 7.32. The van der Waals surface area contributed by atoms with Gasteiger partial charge in [0.2, 0.25) is 5.91 Å². The number of carbonyl (C=O) groups excluding carboxylic acids is 2. The zero-order valence-electron chi connectivity index (χ0n) is 22.4. The summed E-state index contributed by atoms with van der Waals surface area (Å²) in [6.07, 6.45) is 6.19. The van der Waals surface area contributed by atoms with Gasteiger partial charge in [-0.2, -0.15) is 0 Å². The van der Waals surface area contributed by atoms with Crippen molar-refractivity contribution in [2.45, 2.75) is 59.3 Å². The number of nitrogens with one attached hydrogen (secondary N) is 1. The number of piperidine rings is 2. The first kappa shape index (κ1) is 29.1. The Labute approximate surface area is 227 Å². The van der Waals surface area contributed by atoms with Crippen molar-refractivity contribution in [2.24, 2.45) is 11.8 Å². The standard InChI is InChI=1S/C30H40FN3O2.ClH/c1-21-17-26(29(35)32-12-9-15-33-13-7-4-8-14-33)18-22(2)28(21)34-20-24(16-23(3)30(34)36)19-25-10-5-6-11-27(25)31;/h5-6,10-11,17-18,23-24H,4,7-9,12-16,19-20H2,1-3H3,(H,32,35);1H/t23-,24-;/m1./s1. The van der Waals surface area contributed by atoms with Crippen molar-refractivity contribution in [2.75, 3.05) is 37.6 Å². The van der Waals surface area contributed by atoms with Crippen LogP contribution in [0.4, 0.5) is 10.1 Å². The van der Waals surface area contributed by atoms with Crippen LogP contribution in [0.2, 0.25) is 0 Å². The molecule has 5 nitrogen and oxygen atoms in total. The molecule has 7 heteroatoms. The van der Waals surface area contributed by atoms with E-state index in [1.54, 1.807) is 6.07 Å². The highest BCUT2D eigenvalue weighted by atomic mass is 35.5. The van der Waals surface area contributed by atoms with Gasteiger partial charge in [-0.3, -0.25) is 9.59 Å². The third-order valence-corrected chi connectivity index (χ3v) is 7.69. The zero-order chi connectivity index (χ0) is 25.7. The smallest absolute Gasteiger partial charge is 0.251 e. The highest BCUT2D eigenvalue weighted by Gasteiger charge is 2.34. The number of rotatable bonds is 8. The largest absolute Gasteiger partial charge is 0.352 e. The summed E-state index contributed by atoms with van der Waals surface area (Å²) in [7, 11) is 0. The Morgan fingerprint density at radius 1 is 1.08 bits per heavy atom. The SMILES string of the molecule is Cc1cc(C(=O)NCCCN2CCCCC2)cc(C)c1N1C[C@@H](Cc2ccccc2F)C[C@@H](C)C1=O.Cl. The average molecular weight is 530 g/mol. The molecule has 2 aromatic rings. The van der Waals surface area contributed by atoms with Crippen LogP contribution < -0.4 is 10.2 Å². The van der Waals surface area contributed by atoms with Crippen molar-refractivity contribution < 1.29 is 14.0 Å². The van der Waals surface area contributed by atoms with Crippen LogP contribution in [0.25, 0.3) is 0 Å². The van der Waals surface area contributed by atoms with Crippen LogP contribution in [-0.2, 0) is 11.2 Å². The first-order valence-electron chi connectivity index (χ1n) is 13.5. The molecule has 2 saturated heterocycles. The first-order chi connectivity index (χ1) is 17.3. The second-order valence-electron chi connectivity index (χ2n) is 10.7. The van der Waals surface area contributed by atoms with E-state index in [4.69, 9.17) is 0 Å². The van der Waals surface area contributed by atoms with Gasteiger partial charge in [0, 0.05) is 30.3 Å². The van der Waals surface area contributed by atoms with Gasteiger partial charge >= 0.3 is 0 Å². The van der Waals surface area contributed by atoms with Gasteiger partial charge in [0.1, 0.15) is 5.82 Å². The molecule has 0 spiro atoms. The topological polar surface area (TPSA) is 52.7 Å². The molecule has 2 fully saturated rings. The molecule has 37 heavy (non-hydrogen) atoms. The number of halogens is 2. The van der Waals surface area contributed by atoms with Crippen LogP contribution in [0.1, 0.15) is 66.1 Å². The van der Waals surface area contributed by atoms with E-state index < -0.39 is 0 Å². The van der Waals surface area contributed by atoms with Crippen molar-refractivity contribution in [1.29, 1.82) is 0 Å². The normalized spacial score (nSPS) is 20.4. The van der Waals surface area contributed by atoms with Crippen molar-refractivity contribution in [1.82, 2.24) is 10.2 Å². The highest BCUT2D eigenvalue weighted by Crippen LogP contribution is 2.34. The average Bonchev–Trinajstić information content (AvgIpc) is 2.86. The lowest BCUT2D eigenvalue weighted by molar-refractivity contribution is -0.124. The molecular weight excluding hydrogens is 489 g/mol. The lowest BCUT2D eigenvalue weighted by Crippen LogP contribution is -2.46. The maximum Gasteiger partial charge on any atom is 0.251 e. The van der Waals surface area contributed by atoms with Gasteiger partial charge < -0.3 is 15.1 Å². The molecule has 0 aromatic heterocycles. The predicted octanol–water partition coefficient (Wildman–Crippen LogP) is 5.70. The molecule has 4 rings (SSSR count). The molecule has 2 aromatic carbocycles. The lowest BCUT2D eigenvalue weighted by atomic mass is 9.84. The van der Waals surface area contributed by atoms with Gasteiger partial charge in [0.05, 0.1) is 0 Å². The van der Waals surface area contributed by atoms with Crippen LogP contribution in [0, 0.1) is 31.5 Å². The molecule has 2 amide bonds. The van der Waals surface area contributed by atoms with E-state index in [2.05, 4.69) is 10.2 Å². The number of hydrogen-bond acceptors (Lipinski definition) is 3. The molecule has 0 aliphatic carbocycles. The fourth-order valence-electron chi connectivity index (χ4n) is 5.92. The van der Waals surface area contributed by atoms with Crippen molar-refractivity contribution in [3.05, 3.63) is 64.5 Å². The summed E-state index contributed by atoms with van der Waals surface area (Å²) in [4.78, 5) is 30.4. The summed E-state index contributed by atoms with van der Waals surface area (Å²) in [6.45, 7) is 10.5. The van der Waals surface area contributed by atoms with E-state index in [1.807, 2.05) is 49.9 Å². The molecule has 2 aliphatic rings. The molecule has 1 N–H and O–H groups in total. The van der Waals surface area contributed by atoms with Gasteiger partial charge in [0.25, 0.3) is 5.91 Å². The third-order valence-electron chi connectivity index (χ3n) is 7.69. The summed E-state index contributed by atoms with van der Waals surface area (Å²) in [6, 6.07) is 10.7. The zero-order valence-corrected chi connectivity index (χ0v) is 23.2. The van der Waals surface area contributed by atoms with Crippen molar-refractivity contribution in [3.63, 3.8) is 0 Å². The number of nitrogens with zero attached hydrogens (tertiary/aromatic N) is 2. The summed E-state index contributed by atoms with van der Waals surface area (Å²) < 4.78 is 14.3. The Balaban J connectivity index is 0.00000380. The number of carbonyl (C=O) groups is 2. The molecule has 0 saturated carbocycles. The molecule has 0 bridgehead atoms. The molecule has 0 radical (unpaired) electrons. The quantitative estimate of drug-likeness (QED) is 0.446. The minimum absolute atomic E-state index is 0. The second kappa shape index (κ2) is 13.4.